The number of anilines is 1. The minimum Gasteiger partial charge on any atom is -0.435 e. The molecule has 0 aliphatic carbocycles. The van der Waals surface area contributed by atoms with Crippen molar-refractivity contribution in [1.82, 2.24) is 4.98 Å². The van der Waals surface area contributed by atoms with Crippen LogP contribution in [0.3, 0.4) is 0 Å². The Morgan fingerprint density at radius 1 is 1.24 bits per heavy atom. The average molecular weight is 313 g/mol. The van der Waals surface area contributed by atoms with Crippen LogP contribution in [-0.4, -0.2) is 17.5 Å². The Hall–Kier alpha value is -2.21. The highest BCUT2D eigenvalue weighted by molar-refractivity contribution is 6.30. The van der Waals surface area contributed by atoms with Crippen molar-refractivity contribution in [2.75, 3.05) is 5.32 Å². The first-order chi connectivity index (χ1) is 10.0. The summed E-state index contributed by atoms with van der Waals surface area (Å²) in [6.45, 7) is -2.87. The van der Waals surface area contributed by atoms with Crippen molar-refractivity contribution >= 4 is 23.3 Å². The number of amides is 1. The number of ether oxygens (including phenoxy) is 1. The summed E-state index contributed by atoms with van der Waals surface area (Å²) in [7, 11) is 0. The first-order valence-corrected chi connectivity index (χ1v) is 6.36. The molecule has 1 aromatic heterocycles. The van der Waals surface area contributed by atoms with Crippen molar-refractivity contribution < 1.29 is 18.3 Å². The van der Waals surface area contributed by atoms with E-state index in [1.165, 1.54) is 18.3 Å². The van der Waals surface area contributed by atoms with E-state index in [4.69, 9.17) is 11.6 Å². The molecule has 4 nitrogen and oxygen atoms in total. The topological polar surface area (TPSA) is 51.2 Å². The van der Waals surface area contributed by atoms with E-state index in [9.17, 15) is 13.6 Å². The van der Waals surface area contributed by atoms with Crippen molar-refractivity contribution in [2.24, 2.45) is 0 Å². The van der Waals surface area contributed by atoms with Crippen molar-refractivity contribution in [3.63, 3.8) is 0 Å². The second-order valence-electron chi connectivity index (χ2n) is 4.11. The molecule has 0 saturated carbocycles. The minimum absolute atomic E-state index is 0.0496. The normalized spacial score (nSPS) is 10.5. The van der Waals surface area contributed by atoms with Crippen LogP contribution in [0.25, 0.3) is 0 Å². The van der Waals surface area contributed by atoms with Crippen LogP contribution in [0.15, 0.2) is 42.6 Å². The van der Waals surface area contributed by atoms with E-state index in [0.717, 1.165) is 0 Å². The van der Waals surface area contributed by atoms with Crippen LogP contribution in [0.5, 0.6) is 5.75 Å². The number of alkyl halides is 2. The largest absolute Gasteiger partial charge is 0.435 e. The van der Waals surface area contributed by atoms with Gasteiger partial charge in [0, 0.05) is 6.20 Å². The van der Waals surface area contributed by atoms with Crippen molar-refractivity contribution in [3.8, 4) is 5.75 Å². The van der Waals surface area contributed by atoms with Gasteiger partial charge in [0.1, 0.15) is 11.6 Å². The summed E-state index contributed by atoms with van der Waals surface area (Å²) in [4.78, 5) is 15.7. The predicted octanol–water partition coefficient (Wildman–Crippen LogP) is 3.52. The first-order valence-electron chi connectivity index (χ1n) is 5.98. The van der Waals surface area contributed by atoms with Gasteiger partial charge in [0.15, 0.2) is 0 Å². The number of hydrogen-bond acceptors (Lipinski definition) is 3. The molecule has 2 rings (SSSR count). The van der Waals surface area contributed by atoms with Gasteiger partial charge in [-0.1, -0.05) is 23.7 Å². The zero-order valence-corrected chi connectivity index (χ0v) is 11.5. The number of carbonyl (C=O) groups is 1. The third kappa shape index (κ3) is 5.00. The Morgan fingerprint density at radius 2 is 1.95 bits per heavy atom. The number of nitrogens with zero attached hydrogens (tertiary/aromatic N) is 1. The van der Waals surface area contributed by atoms with E-state index in [2.05, 4.69) is 15.0 Å². The van der Waals surface area contributed by atoms with E-state index < -0.39 is 6.61 Å². The maximum absolute atomic E-state index is 12.0. The smallest absolute Gasteiger partial charge is 0.387 e. The van der Waals surface area contributed by atoms with E-state index in [0.29, 0.717) is 16.4 Å². The zero-order chi connectivity index (χ0) is 15.2. The van der Waals surface area contributed by atoms with E-state index in [1.807, 2.05) is 0 Å². The standard InChI is InChI=1S/C14H11ClF2N2O2/c15-10-3-6-12(18-8-10)19-13(20)7-9-1-4-11(5-2-9)21-14(16)17/h1-6,8,14H,7H2,(H,18,19,20). The van der Waals surface area contributed by atoms with Crippen LogP contribution in [0, 0.1) is 0 Å². The fourth-order valence-electron chi connectivity index (χ4n) is 1.61. The fourth-order valence-corrected chi connectivity index (χ4v) is 1.72. The van der Waals surface area contributed by atoms with Crippen LogP contribution in [0.2, 0.25) is 5.02 Å². The fraction of sp³-hybridized carbons (Fsp3) is 0.143. The van der Waals surface area contributed by atoms with E-state index in [-0.39, 0.29) is 18.1 Å². The lowest BCUT2D eigenvalue weighted by molar-refractivity contribution is -0.115. The van der Waals surface area contributed by atoms with Gasteiger partial charge in [-0.25, -0.2) is 4.98 Å². The number of halogens is 3. The molecular formula is C14H11ClF2N2O2. The van der Waals surface area contributed by atoms with Gasteiger partial charge < -0.3 is 10.1 Å². The molecule has 0 spiro atoms. The zero-order valence-electron chi connectivity index (χ0n) is 10.7. The summed E-state index contributed by atoms with van der Waals surface area (Å²) in [5.74, 6) is 0.169. The van der Waals surface area contributed by atoms with Crippen molar-refractivity contribution in [1.29, 1.82) is 0 Å². The van der Waals surface area contributed by atoms with Gasteiger partial charge in [0.2, 0.25) is 5.91 Å². The molecule has 7 heteroatoms. The molecule has 1 amide bonds. The highest BCUT2D eigenvalue weighted by atomic mass is 35.5. The number of hydrogen-bond donors (Lipinski definition) is 1. The SMILES string of the molecule is O=C(Cc1ccc(OC(F)F)cc1)Nc1ccc(Cl)cn1. The maximum atomic E-state index is 12.0. The van der Waals surface area contributed by atoms with Crippen LogP contribution >= 0.6 is 11.6 Å². The molecule has 1 aromatic carbocycles. The molecule has 0 aliphatic heterocycles. The lowest BCUT2D eigenvalue weighted by Gasteiger charge is -2.06. The summed E-state index contributed by atoms with van der Waals surface area (Å²) in [5, 5.41) is 3.08. The van der Waals surface area contributed by atoms with Crippen molar-refractivity contribution in [3.05, 3.63) is 53.2 Å². The highest BCUT2D eigenvalue weighted by Gasteiger charge is 2.07. The molecular weight excluding hydrogens is 302 g/mol. The summed E-state index contributed by atoms with van der Waals surface area (Å²) in [6, 6.07) is 9.06. The molecule has 0 aliphatic rings. The molecule has 0 bridgehead atoms. The Bertz CT molecular complexity index is 603. The highest BCUT2D eigenvalue weighted by Crippen LogP contribution is 2.16. The lowest BCUT2D eigenvalue weighted by atomic mass is 10.1. The third-order valence-corrected chi connectivity index (χ3v) is 2.73. The molecule has 0 atom stereocenters. The number of rotatable bonds is 5. The summed E-state index contributed by atoms with van der Waals surface area (Å²) >= 11 is 5.69. The summed E-state index contributed by atoms with van der Waals surface area (Å²) < 4.78 is 28.2. The van der Waals surface area contributed by atoms with Gasteiger partial charge in [-0.2, -0.15) is 8.78 Å². The average Bonchev–Trinajstić information content (AvgIpc) is 2.43. The first kappa shape index (κ1) is 15.2. The number of nitrogens with one attached hydrogen (secondary N) is 1. The molecule has 21 heavy (non-hydrogen) atoms. The Kier molecular flexibility index (Phi) is 5.05. The predicted molar refractivity (Wildman–Crippen MR) is 74.7 cm³/mol. The second-order valence-corrected chi connectivity index (χ2v) is 4.55. The maximum Gasteiger partial charge on any atom is 0.387 e. The van der Waals surface area contributed by atoms with Crippen LogP contribution < -0.4 is 10.1 Å². The second kappa shape index (κ2) is 6.99. The van der Waals surface area contributed by atoms with Crippen molar-refractivity contribution in [2.45, 2.75) is 13.0 Å². The quantitative estimate of drug-likeness (QED) is 0.919. The Morgan fingerprint density at radius 3 is 2.52 bits per heavy atom. The third-order valence-electron chi connectivity index (χ3n) is 2.51. The monoisotopic (exact) mass is 312 g/mol. The summed E-state index contributed by atoms with van der Waals surface area (Å²) in [5.41, 5.74) is 0.670. The van der Waals surface area contributed by atoms with Crippen LogP contribution in [0.1, 0.15) is 5.56 Å². The molecule has 0 radical (unpaired) electrons. The van der Waals surface area contributed by atoms with E-state index >= 15 is 0 Å². The molecule has 1 heterocycles. The van der Waals surface area contributed by atoms with Gasteiger partial charge in [-0.15, -0.1) is 0 Å². The Balaban J connectivity index is 1.91. The molecule has 0 fully saturated rings. The number of pyridine rings is 1. The van der Waals surface area contributed by atoms with Gasteiger partial charge >= 0.3 is 6.61 Å². The summed E-state index contributed by atoms with van der Waals surface area (Å²) in [6.07, 6.45) is 1.52. The molecule has 0 saturated heterocycles. The van der Waals surface area contributed by atoms with Gasteiger partial charge in [0.25, 0.3) is 0 Å². The molecule has 2 aromatic rings. The molecule has 110 valence electrons. The molecule has 1 N–H and O–H groups in total. The molecule has 0 unspecified atom stereocenters. The van der Waals surface area contributed by atoms with Gasteiger partial charge in [-0.05, 0) is 29.8 Å². The number of carbonyl (C=O) groups excluding carboxylic acids is 1. The van der Waals surface area contributed by atoms with Gasteiger partial charge in [-0.3, -0.25) is 4.79 Å². The Labute approximate surface area is 124 Å². The van der Waals surface area contributed by atoms with E-state index in [1.54, 1.807) is 24.3 Å². The van der Waals surface area contributed by atoms with Crippen LogP contribution in [0.4, 0.5) is 14.6 Å². The number of aromatic nitrogens is 1. The number of benzene rings is 1. The van der Waals surface area contributed by atoms with Crippen LogP contribution in [-0.2, 0) is 11.2 Å². The van der Waals surface area contributed by atoms with Gasteiger partial charge in [0.05, 0.1) is 11.4 Å². The minimum atomic E-state index is -2.87. The lowest BCUT2D eigenvalue weighted by Crippen LogP contribution is -2.15.